The van der Waals surface area contributed by atoms with Gasteiger partial charge in [-0.25, -0.2) is 0 Å². The van der Waals surface area contributed by atoms with Gasteiger partial charge in [0, 0.05) is 6.54 Å². The molecular formula is C35H37NO5S. The molecule has 1 aliphatic rings. The highest BCUT2D eigenvalue weighted by Gasteiger charge is 2.51. The quantitative estimate of drug-likeness (QED) is 0.177. The second-order valence-electron chi connectivity index (χ2n) is 10.5. The van der Waals surface area contributed by atoms with Gasteiger partial charge in [0.05, 0.1) is 38.2 Å². The van der Waals surface area contributed by atoms with Gasteiger partial charge in [-0.15, -0.1) is 0 Å². The van der Waals surface area contributed by atoms with E-state index in [1.54, 1.807) is 0 Å². The van der Waals surface area contributed by atoms with Crippen LogP contribution >= 0.6 is 0 Å². The maximum absolute atomic E-state index is 12.6. The summed E-state index contributed by atoms with van der Waals surface area (Å²) >= 11 is 0. The fourth-order valence-corrected chi connectivity index (χ4v) is 6.00. The van der Waals surface area contributed by atoms with Crippen LogP contribution in [0.1, 0.15) is 22.3 Å². The summed E-state index contributed by atoms with van der Waals surface area (Å²) in [5, 5.41) is 0. The molecule has 0 aliphatic carbocycles. The lowest BCUT2D eigenvalue weighted by Crippen LogP contribution is -2.42. The van der Waals surface area contributed by atoms with E-state index in [1.165, 1.54) is 0 Å². The molecule has 4 aromatic rings. The van der Waals surface area contributed by atoms with Crippen molar-refractivity contribution < 1.29 is 22.1 Å². The van der Waals surface area contributed by atoms with Gasteiger partial charge >= 0.3 is 0 Å². The smallest absolute Gasteiger partial charge is 0.264 e. The summed E-state index contributed by atoms with van der Waals surface area (Å²) in [4.78, 5) is 2.26. The van der Waals surface area contributed by atoms with Gasteiger partial charge in [0.2, 0.25) is 0 Å². The summed E-state index contributed by atoms with van der Waals surface area (Å²) < 4.78 is 44.0. The highest BCUT2D eigenvalue weighted by Crippen LogP contribution is 2.35. The van der Waals surface area contributed by atoms with E-state index in [4.69, 9.17) is 13.7 Å². The van der Waals surface area contributed by atoms with Gasteiger partial charge in [0.1, 0.15) is 12.2 Å². The van der Waals surface area contributed by atoms with Crippen molar-refractivity contribution >= 4 is 16.2 Å². The average molecular weight is 584 g/mol. The molecule has 1 fully saturated rings. The van der Waals surface area contributed by atoms with Crippen molar-refractivity contribution in [3.05, 3.63) is 150 Å². The van der Waals surface area contributed by atoms with Crippen molar-refractivity contribution in [1.29, 1.82) is 0 Å². The Morgan fingerprint density at radius 2 is 1.21 bits per heavy atom. The maximum atomic E-state index is 12.6. The van der Waals surface area contributed by atoms with Crippen molar-refractivity contribution in [2.45, 2.75) is 44.1 Å². The van der Waals surface area contributed by atoms with Crippen LogP contribution in [0.25, 0.3) is 6.08 Å². The molecule has 5 rings (SSSR count). The van der Waals surface area contributed by atoms with Gasteiger partial charge < -0.3 is 9.47 Å². The van der Waals surface area contributed by atoms with Crippen LogP contribution in [0.2, 0.25) is 0 Å². The van der Waals surface area contributed by atoms with Gasteiger partial charge in [0.25, 0.3) is 10.1 Å². The van der Waals surface area contributed by atoms with Crippen LogP contribution in [0.5, 0.6) is 0 Å². The molecule has 0 bridgehead atoms. The minimum atomic E-state index is -3.80. The van der Waals surface area contributed by atoms with Crippen LogP contribution in [-0.4, -0.2) is 50.5 Å². The Morgan fingerprint density at radius 1 is 0.690 bits per heavy atom. The van der Waals surface area contributed by atoms with Gasteiger partial charge in [-0.05, 0) is 22.3 Å². The number of likely N-dealkylation sites (tertiary alicyclic amines) is 1. The highest BCUT2D eigenvalue weighted by molar-refractivity contribution is 7.86. The number of nitrogens with zero attached hydrogens (tertiary/aromatic N) is 1. The molecular weight excluding hydrogens is 546 g/mol. The van der Waals surface area contributed by atoms with Crippen LogP contribution in [-0.2, 0) is 43.5 Å². The first-order valence-electron chi connectivity index (χ1n) is 14.1. The summed E-state index contributed by atoms with van der Waals surface area (Å²) in [5.74, 6) is 0. The zero-order valence-electron chi connectivity index (χ0n) is 23.7. The Hall–Kier alpha value is -3.59. The van der Waals surface area contributed by atoms with Crippen LogP contribution < -0.4 is 0 Å². The topological polar surface area (TPSA) is 65.1 Å². The molecule has 0 aromatic heterocycles. The minimum Gasteiger partial charge on any atom is -0.375 e. The third-order valence-electron chi connectivity index (χ3n) is 7.31. The third-order valence-corrected chi connectivity index (χ3v) is 7.89. The summed E-state index contributed by atoms with van der Waals surface area (Å²) in [7, 11) is -3.80. The van der Waals surface area contributed by atoms with Crippen molar-refractivity contribution in [3.63, 3.8) is 0 Å². The Labute approximate surface area is 249 Å². The molecule has 1 heterocycles. The Morgan fingerprint density at radius 3 is 1.79 bits per heavy atom. The van der Waals surface area contributed by atoms with E-state index in [1.807, 2.05) is 121 Å². The molecule has 0 radical (unpaired) electrons. The van der Waals surface area contributed by atoms with E-state index in [0.717, 1.165) is 28.5 Å². The van der Waals surface area contributed by atoms with E-state index >= 15 is 0 Å². The summed E-state index contributed by atoms with van der Waals surface area (Å²) in [6, 6.07) is 39.3. The van der Waals surface area contributed by atoms with E-state index in [2.05, 4.69) is 17.0 Å². The van der Waals surface area contributed by atoms with Gasteiger partial charge in [-0.1, -0.05) is 133 Å². The Kier molecular flexibility index (Phi) is 10.3. The van der Waals surface area contributed by atoms with Crippen molar-refractivity contribution in [1.82, 2.24) is 4.90 Å². The number of hydrogen-bond acceptors (Lipinski definition) is 6. The lowest BCUT2D eigenvalue weighted by molar-refractivity contribution is -0.0496. The Balaban J connectivity index is 1.51. The molecule has 1 aliphatic heterocycles. The monoisotopic (exact) mass is 583 g/mol. The molecule has 0 N–H and O–H groups in total. The van der Waals surface area contributed by atoms with Crippen molar-refractivity contribution in [3.8, 4) is 0 Å². The molecule has 42 heavy (non-hydrogen) atoms. The zero-order chi connectivity index (χ0) is 29.2. The lowest BCUT2D eigenvalue weighted by Gasteiger charge is -2.30. The van der Waals surface area contributed by atoms with E-state index in [-0.39, 0.29) is 6.04 Å². The average Bonchev–Trinajstić information content (AvgIpc) is 3.26. The predicted molar refractivity (Wildman–Crippen MR) is 166 cm³/mol. The van der Waals surface area contributed by atoms with Crippen LogP contribution in [0.4, 0.5) is 0 Å². The SMILES string of the molecule is CS(=O)(=O)O[C@H]1[C@H](OCc2ccccc2)[C@@H](COCc2ccccc2)N(Cc2ccccc2)[C@@H]1/C=C/c1ccccc1. The molecule has 4 aromatic carbocycles. The van der Waals surface area contributed by atoms with Crippen molar-refractivity contribution in [2.75, 3.05) is 12.9 Å². The van der Waals surface area contributed by atoms with Crippen LogP contribution in [0.3, 0.4) is 0 Å². The molecule has 0 amide bonds. The van der Waals surface area contributed by atoms with Gasteiger partial charge in [-0.3, -0.25) is 9.08 Å². The largest absolute Gasteiger partial charge is 0.375 e. The molecule has 218 valence electrons. The normalized spacial score (nSPS) is 21.2. The van der Waals surface area contributed by atoms with E-state index in [0.29, 0.717) is 26.4 Å². The minimum absolute atomic E-state index is 0.283. The molecule has 0 saturated carbocycles. The van der Waals surface area contributed by atoms with E-state index < -0.39 is 28.4 Å². The first kappa shape index (κ1) is 29.9. The van der Waals surface area contributed by atoms with Gasteiger partial charge in [0.15, 0.2) is 0 Å². The fraction of sp³-hybridized carbons (Fsp3) is 0.257. The third kappa shape index (κ3) is 8.47. The number of ether oxygens (including phenoxy) is 2. The van der Waals surface area contributed by atoms with Gasteiger partial charge in [-0.2, -0.15) is 8.42 Å². The Bertz CT molecular complexity index is 1500. The first-order valence-corrected chi connectivity index (χ1v) is 16.0. The maximum Gasteiger partial charge on any atom is 0.264 e. The molecule has 0 unspecified atom stereocenters. The first-order chi connectivity index (χ1) is 20.5. The molecule has 0 spiro atoms. The summed E-state index contributed by atoms with van der Waals surface area (Å²) in [5.41, 5.74) is 4.18. The van der Waals surface area contributed by atoms with Crippen LogP contribution in [0, 0.1) is 0 Å². The number of rotatable bonds is 13. The number of hydrogen-bond donors (Lipinski definition) is 0. The predicted octanol–water partition coefficient (Wildman–Crippen LogP) is 6.10. The number of benzene rings is 4. The summed E-state index contributed by atoms with van der Waals surface area (Å²) in [6.07, 6.45) is 3.79. The molecule has 1 saturated heterocycles. The zero-order valence-corrected chi connectivity index (χ0v) is 24.6. The van der Waals surface area contributed by atoms with Crippen molar-refractivity contribution in [2.24, 2.45) is 0 Å². The standard InChI is InChI=1S/C35H37NO5S/c1-42(37,38)41-35-32(23-22-28-14-6-2-7-15-28)36(24-29-16-8-3-9-17-29)33(27-39-25-30-18-10-4-11-19-30)34(35)40-26-31-20-12-5-13-21-31/h2-23,32-35H,24-27H2,1H3/b23-22+/t32-,33-,34-,35-/m1/s1. The fourth-order valence-electron chi connectivity index (χ4n) is 5.37. The molecule has 4 atom stereocenters. The summed E-state index contributed by atoms with van der Waals surface area (Å²) in [6.45, 7) is 1.65. The van der Waals surface area contributed by atoms with Crippen LogP contribution in [0.15, 0.2) is 127 Å². The molecule has 6 nitrogen and oxygen atoms in total. The second-order valence-corrected chi connectivity index (χ2v) is 12.1. The second kappa shape index (κ2) is 14.5. The highest BCUT2D eigenvalue weighted by atomic mass is 32.2. The van der Waals surface area contributed by atoms with E-state index in [9.17, 15) is 8.42 Å². The lowest BCUT2D eigenvalue weighted by atomic mass is 10.1. The molecule has 7 heteroatoms.